The van der Waals surface area contributed by atoms with Gasteiger partial charge < -0.3 is 5.32 Å². The van der Waals surface area contributed by atoms with Gasteiger partial charge in [-0.1, -0.05) is 53.1 Å². The van der Waals surface area contributed by atoms with Gasteiger partial charge in [-0.2, -0.15) is 0 Å². The number of nitrogens with one attached hydrogen (secondary N) is 1. The molecular formula is C17H20ClN. The van der Waals surface area contributed by atoms with E-state index in [4.69, 9.17) is 11.6 Å². The van der Waals surface area contributed by atoms with Crippen molar-refractivity contribution in [2.24, 2.45) is 0 Å². The third-order valence-electron chi connectivity index (χ3n) is 3.24. The van der Waals surface area contributed by atoms with Gasteiger partial charge in [0.25, 0.3) is 0 Å². The SMILES string of the molecule is Cc1cc(C)cc(CN[C@H](C)c2cccc(Cl)c2)c1. The summed E-state index contributed by atoms with van der Waals surface area (Å²) < 4.78 is 0. The lowest BCUT2D eigenvalue weighted by atomic mass is 10.1. The Hall–Kier alpha value is -1.31. The van der Waals surface area contributed by atoms with E-state index in [2.05, 4.69) is 50.4 Å². The molecule has 2 aromatic carbocycles. The van der Waals surface area contributed by atoms with Crippen LogP contribution < -0.4 is 5.32 Å². The van der Waals surface area contributed by atoms with E-state index in [1.807, 2.05) is 18.2 Å². The van der Waals surface area contributed by atoms with Crippen molar-refractivity contribution in [3.8, 4) is 0 Å². The summed E-state index contributed by atoms with van der Waals surface area (Å²) in [6.45, 7) is 7.30. The summed E-state index contributed by atoms with van der Waals surface area (Å²) in [6, 6.07) is 15.0. The molecule has 0 aliphatic rings. The summed E-state index contributed by atoms with van der Waals surface area (Å²) in [5.74, 6) is 0. The molecule has 1 N–H and O–H groups in total. The van der Waals surface area contributed by atoms with Crippen LogP contribution in [0.1, 0.15) is 35.2 Å². The van der Waals surface area contributed by atoms with Crippen molar-refractivity contribution in [3.63, 3.8) is 0 Å². The Balaban J connectivity index is 2.02. The van der Waals surface area contributed by atoms with E-state index >= 15 is 0 Å². The summed E-state index contributed by atoms with van der Waals surface area (Å²) in [5, 5.41) is 4.33. The zero-order valence-electron chi connectivity index (χ0n) is 11.7. The maximum atomic E-state index is 6.02. The van der Waals surface area contributed by atoms with E-state index in [0.29, 0.717) is 6.04 Å². The predicted molar refractivity (Wildman–Crippen MR) is 82.6 cm³/mol. The highest BCUT2D eigenvalue weighted by Gasteiger charge is 2.05. The minimum Gasteiger partial charge on any atom is -0.306 e. The summed E-state index contributed by atoms with van der Waals surface area (Å²) in [5.41, 5.74) is 5.17. The molecule has 0 bridgehead atoms. The molecule has 0 aliphatic carbocycles. The molecule has 0 fully saturated rings. The van der Waals surface area contributed by atoms with Gasteiger partial charge in [0.05, 0.1) is 0 Å². The molecule has 0 heterocycles. The highest BCUT2D eigenvalue weighted by atomic mass is 35.5. The number of benzene rings is 2. The quantitative estimate of drug-likeness (QED) is 0.843. The number of aryl methyl sites for hydroxylation is 2. The van der Waals surface area contributed by atoms with E-state index in [1.54, 1.807) is 0 Å². The highest BCUT2D eigenvalue weighted by molar-refractivity contribution is 6.30. The lowest BCUT2D eigenvalue weighted by molar-refractivity contribution is 0.574. The van der Waals surface area contributed by atoms with Crippen LogP contribution in [0.4, 0.5) is 0 Å². The Morgan fingerprint density at radius 3 is 2.37 bits per heavy atom. The van der Waals surface area contributed by atoms with Crippen LogP contribution >= 0.6 is 11.6 Å². The molecule has 1 atom stereocenters. The number of halogens is 1. The van der Waals surface area contributed by atoms with E-state index < -0.39 is 0 Å². The number of hydrogen-bond acceptors (Lipinski definition) is 1. The monoisotopic (exact) mass is 273 g/mol. The van der Waals surface area contributed by atoms with Crippen LogP contribution in [0.15, 0.2) is 42.5 Å². The third kappa shape index (κ3) is 4.09. The van der Waals surface area contributed by atoms with Gasteiger partial charge in [-0.05, 0) is 44.0 Å². The fraction of sp³-hybridized carbons (Fsp3) is 0.294. The van der Waals surface area contributed by atoms with Gasteiger partial charge in [-0.25, -0.2) is 0 Å². The molecule has 19 heavy (non-hydrogen) atoms. The Morgan fingerprint density at radius 2 is 1.74 bits per heavy atom. The van der Waals surface area contributed by atoms with Crippen LogP contribution in [0.2, 0.25) is 5.02 Å². The summed E-state index contributed by atoms with van der Waals surface area (Å²) >= 11 is 6.02. The van der Waals surface area contributed by atoms with Crippen LogP contribution in [0.5, 0.6) is 0 Å². The Labute approximate surface area is 120 Å². The molecule has 0 spiro atoms. The van der Waals surface area contributed by atoms with E-state index in [9.17, 15) is 0 Å². The van der Waals surface area contributed by atoms with Gasteiger partial charge in [0, 0.05) is 17.6 Å². The van der Waals surface area contributed by atoms with Crippen molar-refractivity contribution in [2.45, 2.75) is 33.4 Å². The first-order valence-corrected chi connectivity index (χ1v) is 6.98. The average Bonchev–Trinajstić information content (AvgIpc) is 2.35. The average molecular weight is 274 g/mol. The topological polar surface area (TPSA) is 12.0 Å². The summed E-state index contributed by atoms with van der Waals surface area (Å²) in [6.07, 6.45) is 0. The van der Waals surface area contributed by atoms with Crippen LogP contribution in [-0.2, 0) is 6.54 Å². The molecule has 0 radical (unpaired) electrons. The first-order valence-electron chi connectivity index (χ1n) is 6.60. The zero-order valence-corrected chi connectivity index (χ0v) is 12.5. The molecule has 1 nitrogen and oxygen atoms in total. The second kappa shape index (κ2) is 6.23. The maximum Gasteiger partial charge on any atom is 0.0409 e. The lowest BCUT2D eigenvalue weighted by Gasteiger charge is -2.15. The molecule has 0 saturated heterocycles. The van der Waals surface area contributed by atoms with Crippen molar-refractivity contribution in [1.29, 1.82) is 0 Å². The van der Waals surface area contributed by atoms with Gasteiger partial charge in [0.2, 0.25) is 0 Å². The molecule has 0 aliphatic heterocycles. The second-order valence-corrected chi connectivity index (χ2v) is 5.59. The van der Waals surface area contributed by atoms with Crippen LogP contribution in [0.25, 0.3) is 0 Å². The van der Waals surface area contributed by atoms with Crippen molar-refractivity contribution >= 4 is 11.6 Å². The van der Waals surface area contributed by atoms with E-state index in [0.717, 1.165) is 11.6 Å². The smallest absolute Gasteiger partial charge is 0.0409 e. The first-order chi connectivity index (χ1) is 9.04. The standard InChI is InChI=1S/C17H20ClN/c1-12-7-13(2)9-15(8-12)11-19-14(3)16-5-4-6-17(18)10-16/h4-10,14,19H,11H2,1-3H3/t14-/m1/s1. The fourth-order valence-electron chi connectivity index (χ4n) is 2.34. The Bertz CT molecular complexity index is 543. The van der Waals surface area contributed by atoms with Gasteiger partial charge in [-0.15, -0.1) is 0 Å². The van der Waals surface area contributed by atoms with Gasteiger partial charge in [0.15, 0.2) is 0 Å². The highest BCUT2D eigenvalue weighted by Crippen LogP contribution is 2.18. The normalized spacial score (nSPS) is 12.4. The molecule has 0 aromatic heterocycles. The van der Waals surface area contributed by atoms with Crippen molar-refractivity contribution in [3.05, 3.63) is 69.7 Å². The minimum atomic E-state index is 0.291. The maximum absolute atomic E-state index is 6.02. The van der Waals surface area contributed by atoms with Gasteiger partial charge in [-0.3, -0.25) is 0 Å². The van der Waals surface area contributed by atoms with Gasteiger partial charge in [0.1, 0.15) is 0 Å². The molecule has 0 amide bonds. The number of hydrogen-bond donors (Lipinski definition) is 1. The summed E-state index contributed by atoms with van der Waals surface area (Å²) in [7, 11) is 0. The molecule has 100 valence electrons. The van der Waals surface area contributed by atoms with Crippen LogP contribution in [0, 0.1) is 13.8 Å². The molecule has 0 saturated carbocycles. The van der Waals surface area contributed by atoms with Crippen molar-refractivity contribution < 1.29 is 0 Å². The van der Waals surface area contributed by atoms with Crippen molar-refractivity contribution in [2.75, 3.05) is 0 Å². The molecule has 2 aromatic rings. The summed E-state index contributed by atoms with van der Waals surface area (Å²) in [4.78, 5) is 0. The zero-order chi connectivity index (χ0) is 13.8. The fourth-order valence-corrected chi connectivity index (χ4v) is 2.53. The van der Waals surface area contributed by atoms with Gasteiger partial charge >= 0.3 is 0 Å². The van der Waals surface area contributed by atoms with Crippen molar-refractivity contribution in [1.82, 2.24) is 5.32 Å². The van der Waals surface area contributed by atoms with E-state index in [1.165, 1.54) is 22.3 Å². The Morgan fingerprint density at radius 1 is 1.05 bits per heavy atom. The third-order valence-corrected chi connectivity index (χ3v) is 3.48. The van der Waals surface area contributed by atoms with E-state index in [-0.39, 0.29) is 0 Å². The van der Waals surface area contributed by atoms with Crippen LogP contribution in [-0.4, -0.2) is 0 Å². The molecule has 0 unspecified atom stereocenters. The largest absolute Gasteiger partial charge is 0.306 e. The number of rotatable bonds is 4. The minimum absolute atomic E-state index is 0.291. The second-order valence-electron chi connectivity index (χ2n) is 5.15. The lowest BCUT2D eigenvalue weighted by Crippen LogP contribution is -2.18. The Kier molecular flexibility index (Phi) is 4.62. The predicted octanol–water partition coefficient (Wildman–Crippen LogP) is 4.81. The molecule has 2 heteroatoms. The van der Waals surface area contributed by atoms with Crippen LogP contribution in [0.3, 0.4) is 0 Å². The molecular weight excluding hydrogens is 254 g/mol. The molecule has 2 rings (SSSR count). The first kappa shape index (κ1) is 14.1.